The van der Waals surface area contributed by atoms with Gasteiger partial charge in [0.05, 0.1) is 11.4 Å². The molecule has 0 aliphatic heterocycles. The van der Waals surface area contributed by atoms with Crippen molar-refractivity contribution in [2.75, 3.05) is 5.32 Å². The Kier molecular flexibility index (Phi) is 5.39. The smallest absolute Gasteiger partial charge is 0.246 e. The zero-order valence-corrected chi connectivity index (χ0v) is 14.5. The van der Waals surface area contributed by atoms with Crippen molar-refractivity contribution in [1.29, 1.82) is 0 Å². The second-order valence-electron chi connectivity index (χ2n) is 6.98. The number of carbonyl (C=O) groups is 2. The summed E-state index contributed by atoms with van der Waals surface area (Å²) in [6.07, 6.45) is 3.85. The highest BCUT2D eigenvalue weighted by Gasteiger charge is 2.21. The highest BCUT2D eigenvalue weighted by molar-refractivity contribution is 5.98. The van der Waals surface area contributed by atoms with E-state index in [9.17, 15) is 9.59 Å². The molecule has 2 rings (SSSR count). The molecule has 1 atom stereocenters. The molecule has 0 saturated carbocycles. The standard InChI is InChI=1S/C18H24N4O2/c1-13(20-16(23)12-18(2,3)4)17(24)21-14-8-5-6-9-15(14)22-11-7-10-19-22/h5-11,13H,12H2,1-4H3,(H,20,23)(H,21,24)/t13-/m0/s1. The van der Waals surface area contributed by atoms with Crippen LogP contribution in [0.1, 0.15) is 34.1 Å². The number of hydrogen-bond donors (Lipinski definition) is 2. The highest BCUT2D eigenvalue weighted by atomic mass is 16.2. The van der Waals surface area contributed by atoms with Crippen molar-refractivity contribution in [2.45, 2.75) is 40.2 Å². The summed E-state index contributed by atoms with van der Waals surface area (Å²) in [6.45, 7) is 7.62. The number of rotatable bonds is 5. The van der Waals surface area contributed by atoms with Crippen LogP contribution in [0.2, 0.25) is 0 Å². The van der Waals surface area contributed by atoms with Gasteiger partial charge in [-0.15, -0.1) is 0 Å². The monoisotopic (exact) mass is 328 g/mol. The van der Waals surface area contributed by atoms with Crippen molar-refractivity contribution in [3.8, 4) is 5.69 Å². The molecule has 128 valence electrons. The van der Waals surface area contributed by atoms with Gasteiger partial charge >= 0.3 is 0 Å². The average molecular weight is 328 g/mol. The first-order valence-corrected chi connectivity index (χ1v) is 7.95. The lowest BCUT2D eigenvalue weighted by atomic mass is 9.92. The lowest BCUT2D eigenvalue weighted by Gasteiger charge is -2.20. The van der Waals surface area contributed by atoms with Gasteiger partial charge in [0.2, 0.25) is 11.8 Å². The van der Waals surface area contributed by atoms with Crippen LogP contribution in [-0.4, -0.2) is 27.6 Å². The van der Waals surface area contributed by atoms with Crippen LogP contribution in [0.25, 0.3) is 5.69 Å². The molecule has 1 aromatic heterocycles. The molecule has 0 unspecified atom stereocenters. The Labute approximate surface area is 142 Å². The predicted octanol–water partition coefficient (Wildman–Crippen LogP) is 2.75. The molecule has 1 heterocycles. The first kappa shape index (κ1) is 17.7. The second kappa shape index (κ2) is 7.29. The Balaban J connectivity index is 2.04. The van der Waals surface area contributed by atoms with Crippen LogP contribution in [0, 0.1) is 5.41 Å². The number of anilines is 1. The van der Waals surface area contributed by atoms with E-state index in [4.69, 9.17) is 0 Å². The topological polar surface area (TPSA) is 76.0 Å². The van der Waals surface area contributed by atoms with Gasteiger partial charge in [-0.2, -0.15) is 5.10 Å². The average Bonchev–Trinajstić information content (AvgIpc) is 2.99. The maximum atomic E-state index is 12.4. The Hall–Kier alpha value is -2.63. The van der Waals surface area contributed by atoms with Gasteiger partial charge in [0.15, 0.2) is 0 Å². The number of nitrogens with one attached hydrogen (secondary N) is 2. The maximum absolute atomic E-state index is 12.4. The summed E-state index contributed by atoms with van der Waals surface area (Å²) in [7, 11) is 0. The van der Waals surface area contributed by atoms with Gasteiger partial charge in [-0.1, -0.05) is 32.9 Å². The summed E-state index contributed by atoms with van der Waals surface area (Å²) >= 11 is 0. The molecular formula is C18H24N4O2. The van der Waals surface area contributed by atoms with Crippen LogP contribution in [0.3, 0.4) is 0 Å². The largest absolute Gasteiger partial charge is 0.345 e. The fourth-order valence-corrected chi connectivity index (χ4v) is 2.27. The number of carbonyl (C=O) groups excluding carboxylic acids is 2. The fourth-order valence-electron chi connectivity index (χ4n) is 2.27. The van der Waals surface area contributed by atoms with Crippen LogP contribution < -0.4 is 10.6 Å². The molecule has 6 heteroatoms. The van der Waals surface area contributed by atoms with Crippen LogP contribution in [0.4, 0.5) is 5.69 Å². The quantitative estimate of drug-likeness (QED) is 0.886. The van der Waals surface area contributed by atoms with Crippen molar-refractivity contribution in [3.05, 3.63) is 42.7 Å². The molecule has 6 nitrogen and oxygen atoms in total. The number of amides is 2. The van der Waals surface area contributed by atoms with E-state index in [1.54, 1.807) is 30.1 Å². The maximum Gasteiger partial charge on any atom is 0.246 e. The number of hydrogen-bond acceptors (Lipinski definition) is 3. The number of para-hydroxylation sites is 2. The van der Waals surface area contributed by atoms with E-state index in [2.05, 4.69) is 15.7 Å². The lowest BCUT2D eigenvalue weighted by molar-refractivity contribution is -0.127. The molecular weight excluding hydrogens is 304 g/mol. The van der Waals surface area contributed by atoms with E-state index in [0.29, 0.717) is 12.1 Å². The van der Waals surface area contributed by atoms with Gasteiger partial charge in [0.1, 0.15) is 6.04 Å². The molecule has 1 aromatic carbocycles. The van der Waals surface area contributed by atoms with Gasteiger partial charge in [-0.25, -0.2) is 4.68 Å². The summed E-state index contributed by atoms with van der Waals surface area (Å²) in [5.41, 5.74) is 1.29. The van der Waals surface area contributed by atoms with Gasteiger partial charge < -0.3 is 10.6 Å². The number of benzene rings is 1. The van der Waals surface area contributed by atoms with Gasteiger partial charge in [-0.3, -0.25) is 9.59 Å². The summed E-state index contributed by atoms with van der Waals surface area (Å²) < 4.78 is 1.68. The molecule has 0 radical (unpaired) electrons. The molecule has 0 spiro atoms. The van der Waals surface area contributed by atoms with Crippen LogP contribution in [0.15, 0.2) is 42.7 Å². The van der Waals surface area contributed by atoms with Gasteiger partial charge in [0.25, 0.3) is 0 Å². The Morgan fingerprint density at radius 2 is 1.92 bits per heavy atom. The van der Waals surface area contributed by atoms with Gasteiger partial charge in [-0.05, 0) is 30.5 Å². The van der Waals surface area contributed by atoms with Crippen molar-refractivity contribution in [1.82, 2.24) is 15.1 Å². The molecule has 0 aliphatic rings. The molecule has 0 bridgehead atoms. The second-order valence-corrected chi connectivity index (χ2v) is 6.98. The SMILES string of the molecule is C[C@H](NC(=O)CC(C)(C)C)C(=O)Nc1ccccc1-n1cccn1. The molecule has 2 amide bonds. The summed E-state index contributed by atoms with van der Waals surface area (Å²) in [4.78, 5) is 24.4. The fraction of sp³-hybridized carbons (Fsp3) is 0.389. The van der Waals surface area contributed by atoms with Crippen LogP contribution >= 0.6 is 0 Å². The Morgan fingerprint density at radius 1 is 1.21 bits per heavy atom. The van der Waals surface area contributed by atoms with E-state index in [1.807, 2.05) is 45.0 Å². The van der Waals surface area contributed by atoms with E-state index >= 15 is 0 Å². The van der Waals surface area contributed by atoms with Crippen molar-refractivity contribution in [2.24, 2.45) is 5.41 Å². The summed E-state index contributed by atoms with van der Waals surface area (Å²) in [5.74, 6) is -0.401. The van der Waals surface area contributed by atoms with E-state index in [0.717, 1.165) is 5.69 Å². The molecule has 0 aliphatic carbocycles. The van der Waals surface area contributed by atoms with Crippen LogP contribution in [-0.2, 0) is 9.59 Å². The predicted molar refractivity (Wildman–Crippen MR) is 93.9 cm³/mol. The van der Waals surface area contributed by atoms with E-state index in [-0.39, 0.29) is 17.2 Å². The summed E-state index contributed by atoms with van der Waals surface area (Å²) in [6, 6.07) is 8.58. The zero-order valence-electron chi connectivity index (χ0n) is 14.5. The number of aromatic nitrogens is 2. The first-order chi connectivity index (χ1) is 11.3. The van der Waals surface area contributed by atoms with Crippen molar-refractivity contribution < 1.29 is 9.59 Å². The molecule has 0 saturated heterocycles. The van der Waals surface area contributed by atoms with Crippen LogP contribution in [0.5, 0.6) is 0 Å². The minimum absolute atomic E-state index is 0.118. The molecule has 2 N–H and O–H groups in total. The Bertz CT molecular complexity index is 702. The van der Waals surface area contributed by atoms with E-state index in [1.165, 1.54) is 0 Å². The minimum Gasteiger partial charge on any atom is -0.345 e. The van der Waals surface area contributed by atoms with Crippen molar-refractivity contribution in [3.63, 3.8) is 0 Å². The normalized spacial score (nSPS) is 12.5. The van der Waals surface area contributed by atoms with Gasteiger partial charge in [0, 0.05) is 18.8 Å². The first-order valence-electron chi connectivity index (χ1n) is 7.95. The van der Waals surface area contributed by atoms with E-state index < -0.39 is 6.04 Å². The minimum atomic E-state index is -0.620. The molecule has 2 aromatic rings. The third-order valence-electron chi connectivity index (χ3n) is 3.37. The zero-order chi connectivity index (χ0) is 17.7. The highest BCUT2D eigenvalue weighted by Crippen LogP contribution is 2.20. The Morgan fingerprint density at radius 3 is 2.54 bits per heavy atom. The summed E-state index contributed by atoms with van der Waals surface area (Å²) in [5, 5.41) is 9.77. The number of nitrogens with zero attached hydrogens (tertiary/aromatic N) is 2. The molecule has 0 fully saturated rings. The molecule has 24 heavy (non-hydrogen) atoms. The third kappa shape index (κ3) is 4.94. The lowest BCUT2D eigenvalue weighted by Crippen LogP contribution is -2.42. The third-order valence-corrected chi connectivity index (χ3v) is 3.37. The van der Waals surface area contributed by atoms with Crippen molar-refractivity contribution >= 4 is 17.5 Å².